The minimum Gasteiger partial charge on any atom is -0.465 e. The van der Waals surface area contributed by atoms with Crippen LogP contribution in [-0.2, 0) is 16.0 Å². The van der Waals surface area contributed by atoms with Crippen molar-refractivity contribution in [1.29, 1.82) is 0 Å². The van der Waals surface area contributed by atoms with E-state index >= 15 is 0 Å². The summed E-state index contributed by atoms with van der Waals surface area (Å²) in [7, 11) is 1.41. The summed E-state index contributed by atoms with van der Waals surface area (Å²) >= 11 is 0. The van der Waals surface area contributed by atoms with Crippen LogP contribution >= 0.6 is 0 Å². The minimum atomic E-state index is -0.295. The Morgan fingerprint density at radius 2 is 1.96 bits per heavy atom. The zero-order chi connectivity index (χ0) is 18.1. The first-order chi connectivity index (χ1) is 12.6. The fourth-order valence-corrected chi connectivity index (χ4v) is 5.21. The number of benzene rings is 1. The Bertz CT molecular complexity index is 692. The van der Waals surface area contributed by atoms with Gasteiger partial charge in [0.2, 0.25) is 5.91 Å². The highest BCUT2D eigenvalue weighted by Crippen LogP contribution is 2.41. The summed E-state index contributed by atoms with van der Waals surface area (Å²) in [6.45, 7) is 3.89. The number of carbonyl (C=O) groups excluding carboxylic acids is 2. The summed E-state index contributed by atoms with van der Waals surface area (Å²) in [4.78, 5) is 29.5. The van der Waals surface area contributed by atoms with Crippen LogP contribution in [0.4, 0.5) is 0 Å². The Balaban J connectivity index is 1.40. The molecule has 1 aromatic carbocycles. The molecule has 0 saturated carbocycles. The molecule has 26 heavy (non-hydrogen) atoms. The van der Waals surface area contributed by atoms with Gasteiger partial charge in [-0.2, -0.15) is 0 Å². The maximum absolute atomic E-state index is 13.3. The number of carbonyl (C=O) groups is 2. The van der Waals surface area contributed by atoms with E-state index < -0.39 is 0 Å². The summed E-state index contributed by atoms with van der Waals surface area (Å²) < 4.78 is 4.81. The standard InChI is InChI=1S/C21H28N2O3/c1-26-19(24)18-6-2-5-16(14-18)13-17-7-12-22(15-17)20(25)21-8-3-10-23(21)11-4-9-21/h2,5-6,14,17H,3-4,7-13,15H2,1H3. The second-order valence-electron chi connectivity index (χ2n) is 8.03. The highest BCUT2D eigenvalue weighted by Gasteiger charge is 2.52. The second-order valence-corrected chi connectivity index (χ2v) is 8.03. The molecular formula is C21H28N2O3. The van der Waals surface area contributed by atoms with Crippen LogP contribution in [0.2, 0.25) is 0 Å². The monoisotopic (exact) mass is 356 g/mol. The van der Waals surface area contributed by atoms with E-state index in [0.717, 1.165) is 70.3 Å². The molecule has 140 valence electrons. The number of esters is 1. The predicted molar refractivity (Wildman–Crippen MR) is 98.9 cm³/mol. The van der Waals surface area contributed by atoms with Crippen molar-refractivity contribution in [3.05, 3.63) is 35.4 Å². The molecule has 0 bridgehead atoms. The lowest BCUT2D eigenvalue weighted by Crippen LogP contribution is -2.52. The maximum atomic E-state index is 13.3. The van der Waals surface area contributed by atoms with Crippen LogP contribution < -0.4 is 0 Å². The highest BCUT2D eigenvalue weighted by atomic mass is 16.5. The largest absolute Gasteiger partial charge is 0.465 e. The average Bonchev–Trinajstić information content (AvgIpc) is 3.36. The lowest BCUT2D eigenvalue weighted by Gasteiger charge is -2.34. The molecular weight excluding hydrogens is 328 g/mol. The van der Waals surface area contributed by atoms with Gasteiger partial charge in [-0.1, -0.05) is 12.1 Å². The van der Waals surface area contributed by atoms with Crippen molar-refractivity contribution in [2.75, 3.05) is 33.3 Å². The molecule has 0 N–H and O–H groups in total. The van der Waals surface area contributed by atoms with Crippen LogP contribution in [0.25, 0.3) is 0 Å². The topological polar surface area (TPSA) is 49.9 Å². The lowest BCUT2D eigenvalue weighted by atomic mass is 9.92. The molecule has 4 rings (SSSR count). The Hall–Kier alpha value is -1.88. The number of rotatable bonds is 4. The molecule has 0 spiro atoms. The number of nitrogens with zero attached hydrogens (tertiary/aromatic N) is 2. The number of hydrogen-bond donors (Lipinski definition) is 0. The Morgan fingerprint density at radius 1 is 1.19 bits per heavy atom. The Morgan fingerprint density at radius 3 is 2.69 bits per heavy atom. The minimum absolute atomic E-state index is 0.181. The summed E-state index contributed by atoms with van der Waals surface area (Å²) in [5.74, 6) is 0.551. The molecule has 0 aliphatic carbocycles. The summed E-state index contributed by atoms with van der Waals surface area (Å²) in [6.07, 6.45) is 6.34. The number of likely N-dealkylation sites (tertiary alicyclic amines) is 1. The lowest BCUT2D eigenvalue weighted by molar-refractivity contribution is -0.140. The van der Waals surface area contributed by atoms with Crippen molar-refractivity contribution < 1.29 is 14.3 Å². The van der Waals surface area contributed by atoms with Gasteiger partial charge in [0.25, 0.3) is 0 Å². The zero-order valence-electron chi connectivity index (χ0n) is 15.6. The van der Waals surface area contributed by atoms with Gasteiger partial charge in [0.15, 0.2) is 0 Å². The van der Waals surface area contributed by atoms with Gasteiger partial charge in [0.1, 0.15) is 5.54 Å². The molecule has 1 atom stereocenters. The summed E-state index contributed by atoms with van der Waals surface area (Å²) in [5, 5.41) is 0. The first-order valence-electron chi connectivity index (χ1n) is 9.84. The van der Waals surface area contributed by atoms with Gasteiger partial charge in [-0.15, -0.1) is 0 Å². The summed E-state index contributed by atoms with van der Waals surface area (Å²) in [5.41, 5.74) is 1.57. The fourth-order valence-electron chi connectivity index (χ4n) is 5.21. The highest BCUT2D eigenvalue weighted by molar-refractivity contribution is 5.89. The number of hydrogen-bond acceptors (Lipinski definition) is 4. The molecule has 3 fully saturated rings. The zero-order valence-corrected chi connectivity index (χ0v) is 15.6. The van der Waals surface area contributed by atoms with Gasteiger partial charge in [-0.25, -0.2) is 4.79 Å². The summed E-state index contributed by atoms with van der Waals surface area (Å²) in [6, 6.07) is 7.68. The van der Waals surface area contributed by atoms with Gasteiger partial charge >= 0.3 is 5.97 Å². The molecule has 0 radical (unpaired) electrons. The van der Waals surface area contributed by atoms with E-state index in [1.54, 1.807) is 6.07 Å². The fraction of sp³-hybridized carbons (Fsp3) is 0.619. The molecule has 3 heterocycles. The van der Waals surface area contributed by atoms with Crippen molar-refractivity contribution in [1.82, 2.24) is 9.80 Å². The third kappa shape index (κ3) is 3.02. The average molecular weight is 356 g/mol. The third-order valence-corrected chi connectivity index (χ3v) is 6.49. The Kier molecular flexibility index (Phi) is 4.74. The number of fused-ring (bicyclic) bond motifs is 1. The van der Waals surface area contributed by atoms with Gasteiger partial charge in [-0.05, 0) is 75.2 Å². The number of ether oxygens (including phenoxy) is 1. The van der Waals surface area contributed by atoms with E-state index in [9.17, 15) is 9.59 Å². The van der Waals surface area contributed by atoms with E-state index in [1.165, 1.54) is 7.11 Å². The van der Waals surface area contributed by atoms with E-state index in [1.807, 2.05) is 12.1 Å². The third-order valence-electron chi connectivity index (χ3n) is 6.49. The molecule has 1 aromatic rings. The number of methoxy groups -OCH3 is 1. The van der Waals surface area contributed by atoms with Crippen molar-refractivity contribution in [2.24, 2.45) is 5.92 Å². The normalized spacial score (nSPS) is 24.7. The second kappa shape index (κ2) is 7.03. The predicted octanol–water partition coefficient (Wildman–Crippen LogP) is 2.49. The quantitative estimate of drug-likeness (QED) is 0.778. The van der Waals surface area contributed by atoms with Crippen molar-refractivity contribution in [2.45, 2.75) is 44.1 Å². The van der Waals surface area contributed by atoms with Crippen LogP contribution in [0.5, 0.6) is 0 Å². The van der Waals surface area contributed by atoms with Gasteiger partial charge < -0.3 is 9.64 Å². The molecule has 1 amide bonds. The Labute approximate surface area is 155 Å². The van der Waals surface area contributed by atoms with Crippen LogP contribution in [0.15, 0.2) is 24.3 Å². The van der Waals surface area contributed by atoms with E-state index in [0.29, 0.717) is 17.4 Å². The van der Waals surface area contributed by atoms with Crippen molar-refractivity contribution >= 4 is 11.9 Å². The van der Waals surface area contributed by atoms with Crippen LogP contribution in [0, 0.1) is 5.92 Å². The number of amides is 1. The smallest absolute Gasteiger partial charge is 0.337 e. The van der Waals surface area contributed by atoms with Gasteiger partial charge in [-0.3, -0.25) is 9.69 Å². The first kappa shape index (κ1) is 17.5. The van der Waals surface area contributed by atoms with E-state index in [4.69, 9.17) is 4.74 Å². The molecule has 1 unspecified atom stereocenters. The maximum Gasteiger partial charge on any atom is 0.337 e. The molecule has 5 heteroatoms. The van der Waals surface area contributed by atoms with E-state index in [2.05, 4.69) is 15.9 Å². The first-order valence-corrected chi connectivity index (χ1v) is 9.84. The van der Waals surface area contributed by atoms with Gasteiger partial charge in [0, 0.05) is 13.1 Å². The molecule has 3 saturated heterocycles. The SMILES string of the molecule is COC(=O)c1cccc(CC2CCN(C(=O)C34CCCN3CCC4)C2)c1. The molecule has 5 nitrogen and oxygen atoms in total. The molecule has 0 aromatic heterocycles. The molecule has 3 aliphatic heterocycles. The van der Waals surface area contributed by atoms with Gasteiger partial charge in [0.05, 0.1) is 12.7 Å². The van der Waals surface area contributed by atoms with E-state index in [-0.39, 0.29) is 11.5 Å². The van der Waals surface area contributed by atoms with Crippen molar-refractivity contribution in [3.8, 4) is 0 Å². The van der Waals surface area contributed by atoms with Crippen LogP contribution in [0.1, 0.15) is 48.0 Å². The van der Waals surface area contributed by atoms with Crippen LogP contribution in [-0.4, -0.2) is 60.5 Å². The molecule has 3 aliphatic rings. The van der Waals surface area contributed by atoms with Crippen molar-refractivity contribution in [3.63, 3.8) is 0 Å². The van der Waals surface area contributed by atoms with Crippen LogP contribution in [0.3, 0.4) is 0 Å².